The normalized spacial score (nSPS) is 11.9. The first-order valence-electron chi connectivity index (χ1n) is 11.9. The van der Waals surface area contributed by atoms with Crippen LogP contribution in [0.5, 0.6) is 0 Å². The van der Waals surface area contributed by atoms with E-state index in [-0.39, 0.29) is 43.0 Å². The summed E-state index contributed by atoms with van der Waals surface area (Å²) in [6, 6.07) is 26.2. The van der Waals surface area contributed by atoms with Crippen molar-refractivity contribution >= 4 is 36.1 Å². The summed E-state index contributed by atoms with van der Waals surface area (Å²) in [4.78, 5) is 30.5. The Kier molecular flexibility index (Phi) is 20.0. The molecule has 0 saturated carbocycles. The Morgan fingerprint density at radius 3 is 1.45 bits per heavy atom. The Hall–Kier alpha value is -2.95. The zero-order chi connectivity index (χ0) is 27.2. The summed E-state index contributed by atoms with van der Waals surface area (Å²) in [5.41, 5.74) is 10.7. The minimum absolute atomic E-state index is 0. The van der Waals surface area contributed by atoms with Gasteiger partial charge in [0.25, 0.3) is 0 Å². The molecule has 0 spiro atoms. The third kappa shape index (κ3) is 11.7. The predicted molar refractivity (Wildman–Crippen MR) is 167 cm³/mol. The van der Waals surface area contributed by atoms with Crippen molar-refractivity contribution in [2.24, 2.45) is 4.99 Å². The van der Waals surface area contributed by atoms with Crippen molar-refractivity contribution in [3.05, 3.63) is 107 Å². The molecule has 42 heavy (non-hydrogen) atoms. The van der Waals surface area contributed by atoms with Gasteiger partial charge in [-0.15, -0.1) is 0 Å². The van der Waals surface area contributed by atoms with Gasteiger partial charge < -0.3 is 46.4 Å². The topological polar surface area (TPSA) is 221 Å². The quantitative estimate of drug-likeness (QED) is 0.269. The number of aliphatic imine (C=N–C) groups is 1. The molecule has 3 aromatic rings. The fourth-order valence-electron chi connectivity index (χ4n) is 4.14. The Labute approximate surface area is 261 Å². The van der Waals surface area contributed by atoms with Crippen LogP contribution in [-0.4, -0.2) is 77.0 Å². The summed E-state index contributed by atoms with van der Waals surface area (Å²) in [7, 11) is 3.65. The van der Waals surface area contributed by atoms with Gasteiger partial charge in [-0.25, -0.2) is 4.57 Å². The molecule has 1 aliphatic carbocycles. The number of benzene rings is 3. The van der Waals surface area contributed by atoms with E-state index in [9.17, 15) is 0 Å². The first kappa shape index (κ1) is 43.5. The molecule has 11 nitrogen and oxygen atoms in total. The van der Waals surface area contributed by atoms with Crippen molar-refractivity contribution in [2.75, 3.05) is 44.5 Å². The molecule has 0 unspecified atom stereocenters. The number of phosphoric acid groups is 1. The van der Waals surface area contributed by atoms with Gasteiger partial charge in [-0.2, -0.15) is 0 Å². The largest absolute Gasteiger partial charge is 0.870 e. The number of hydrogen-bond donors (Lipinski definition) is 3. The third-order valence-electron chi connectivity index (χ3n) is 5.84. The molecule has 0 aromatic heterocycles. The van der Waals surface area contributed by atoms with Crippen LogP contribution in [0, 0.1) is 0 Å². The van der Waals surface area contributed by atoms with E-state index in [1.54, 1.807) is 0 Å². The molecular weight excluding hydrogens is 645 g/mol. The smallest absolute Gasteiger partial charge is 0.466 e. The van der Waals surface area contributed by atoms with Gasteiger partial charge in [0, 0.05) is 72.7 Å². The Morgan fingerprint density at radius 1 is 0.714 bits per heavy atom. The van der Waals surface area contributed by atoms with Crippen LogP contribution in [0.4, 0.5) is 11.4 Å². The molecule has 3 aromatic carbocycles. The van der Waals surface area contributed by atoms with Crippen LogP contribution >= 0.6 is 7.82 Å². The Bertz CT molecular complexity index is 1310. The Balaban J connectivity index is -0.00000141. The summed E-state index contributed by atoms with van der Waals surface area (Å²) < 4.78 is 8.88. The van der Waals surface area contributed by atoms with Gasteiger partial charge in [0.05, 0.1) is 5.71 Å². The number of allylic oxidation sites excluding steroid dienone is 3. The maximum atomic E-state index is 8.88. The van der Waals surface area contributed by atoms with Gasteiger partial charge in [0.2, 0.25) is 0 Å². The van der Waals surface area contributed by atoms with E-state index in [0.29, 0.717) is 0 Å². The van der Waals surface area contributed by atoms with Crippen LogP contribution in [0.15, 0.2) is 89.9 Å². The molecule has 0 atom stereocenters. The second kappa shape index (κ2) is 19.3. The van der Waals surface area contributed by atoms with Gasteiger partial charge in [-0.05, 0) is 65.1 Å². The van der Waals surface area contributed by atoms with Crippen molar-refractivity contribution in [3.8, 4) is 0 Å². The molecule has 0 saturated heterocycles. The summed E-state index contributed by atoms with van der Waals surface area (Å²) in [5.74, 6) is 0. The standard InChI is InChI=1S/C29H31N3.Mo.H3O4P.4H2O/c1-6-30-28-20-19-27(25-9-7-8-10-26(25)28)29(21-11-15-23(16-12-21)31(2)3)22-13-17-24(18-14-22)32(4)5;;1-5(2,3)4;;;;/h7-20H,6H2,1-5H3;;(H3,1,2,3,4);4*1H2/p-1. The Morgan fingerprint density at radius 2 is 1.10 bits per heavy atom. The fraction of sp³-hybridized carbons (Fsp3) is 0.207. The van der Waals surface area contributed by atoms with Gasteiger partial charge in [-0.3, -0.25) is 4.99 Å². The van der Waals surface area contributed by atoms with E-state index in [4.69, 9.17) is 24.2 Å². The molecule has 13 heteroatoms. The minimum Gasteiger partial charge on any atom is -0.870 e. The first-order valence-corrected chi connectivity index (χ1v) is 13.5. The first-order chi connectivity index (χ1) is 17.5. The molecular formula is C29H41MoN3O8P-. The third-order valence-corrected chi connectivity index (χ3v) is 5.84. The summed E-state index contributed by atoms with van der Waals surface area (Å²) in [6.45, 7) is 2.86. The summed E-state index contributed by atoms with van der Waals surface area (Å²) in [5, 5.41) is 0. The zero-order valence-corrected chi connectivity index (χ0v) is 27.1. The number of rotatable bonds is 5. The second-order valence-electron chi connectivity index (χ2n) is 8.92. The fourth-order valence-corrected chi connectivity index (χ4v) is 4.14. The number of fused-ring (bicyclic) bond motifs is 1. The molecule has 4 rings (SSSR count). The van der Waals surface area contributed by atoms with E-state index >= 15 is 0 Å². The van der Waals surface area contributed by atoms with Crippen LogP contribution in [-0.2, 0) is 25.6 Å². The average Bonchev–Trinajstić information content (AvgIpc) is 2.85. The van der Waals surface area contributed by atoms with Crippen molar-refractivity contribution in [1.29, 1.82) is 0 Å². The summed E-state index contributed by atoms with van der Waals surface area (Å²) >= 11 is 0. The molecule has 0 fully saturated rings. The van der Waals surface area contributed by atoms with Crippen molar-refractivity contribution in [1.82, 2.24) is 0 Å². The van der Waals surface area contributed by atoms with E-state index < -0.39 is 7.82 Å². The van der Waals surface area contributed by atoms with Crippen LogP contribution < -0.4 is 9.80 Å². The van der Waals surface area contributed by atoms with Crippen molar-refractivity contribution in [3.63, 3.8) is 0 Å². The number of anilines is 2. The molecule has 0 bridgehead atoms. The maximum absolute atomic E-state index is 8.88. The molecule has 10 N–H and O–H groups in total. The summed E-state index contributed by atoms with van der Waals surface area (Å²) in [6.07, 6.45) is 4.38. The van der Waals surface area contributed by atoms with Gasteiger partial charge >= 0.3 is 7.82 Å². The SMILES string of the molecule is CCN=C1C=CC(=C(c2ccc(N(C)C)cc2)c2ccc(N(C)C)cc2)c2ccccc21.O.O.O.O=P(O)(O)O.[Mo].[OH-]. The molecule has 0 heterocycles. The van der Waals surface area contributed by atoms with Crippen LogP contribution in [0.25, 0.3) is 11.1 Å². The van der Waals surface area contributed by atoms with Crippen LogP contribution in [0.1, 0.15) is 29.2 Å². The molecule has 0 aliphatic heterocycles. The van der Waals surface area contributed by atoms with E-state index in [1.165, 1.54) is 44.8 Å². The molecule has 0 amide bonds. The van der Waals surface area contributed by atoms with E-state index in [0.717, 1.165) is 12.3 Å². The zero-order valence-electron chi connectivity index (χ0n) is 24.2. The predicted octanol–water partition coefficient (Wildman–Crippen LogP) is 2.57. The van der Waals surface area contributed by atoms with Gasteiger partial charge in [-0.1, -0.05) is 54.6 Å². The number of hydrogen-bond acceptors (Lipinski definition) is 5. The monoisotopic (exact) mass is 688 g/mol. The van der Waals surface area contributed by atoms with E-state index in [2.05, 4.69) is 130 Å². The minimum atomic E-state index is -4.64. The van der Waals surface area contributed by atoms with Crippen molar-refractivity contribution < 1.29 is 62.2 Å². The van der Waals surface area contributed by atoms with Crippen molar-refractivity contribution in [2.45, 2.75) is 6.92 Å². The van der Waals surface area contributed by atoms with Gasteiger partial charge in [0.15, 0.2) is 0 Å². The molecule has 232 valence electrons. The van der Waals surface area contributed by atoms with Crippen LogP contribution in [0.3, 0.4) is 0 Å². The van der Waals surface area contributed by atoms with Crippen LogP contribution in [0.2, 0.25) is 0 Å². The van der Waals surface area contributed by atoms with Gasteiger partial charge in [0.1, 0.15) is 0 Å². The molecule has 0 radical (unpaired) electrons. The van der Waals surface area contributed by atoms with E-state index in [1.807, 2.05) is 0 Å². The molecule has 1 aliphatic rings. The maximum Gasteiger partial charge on any atom is 0.466 e. The number of nitrogens with zero attached hydrogens (tertiary/aromatic N) is 3. The second-order valence-corrected chi connectivity index (χ2v) is 9.95. The average molecular weight is 687 g/mol.